The Morgan fingerprint density at radius 1 is 1.20 bits per heavy atom. The molecule has 132 valence electrons. The molecule has 0 spiro atoms. The summed E-state index contributed by atoms with van der Waals surface area (Å²) < 4.78 is 1.31. The Balaban J connectivity index is 1.83. The van der Waals surface area contributed by atoms with Gasteiger partial charge < -0.3 is 15.3 Å². The number of aromatic carboxylic acids is 1. The molecule has 25 heavy (non-hydrogen) atoms. The molecular weight excluding hydrogens is 326 g/mol. The third-order valence-electron chi connectivity index (χ3n) is 3.47. The number of carboxylic acids is 1. The van der Waals surface area contributed by atoms with Crippen molar-refractivity contribution in [1.82, 2.24) is 25.2 Å². The zero-order valence-electron chi connectivity index (χ0n) is 14.0. The number of carboxylic acid groups (broad SMARTS) is 1. The Hall–Kier alpha value is -3.23. The number of likely N-dealkylation sites (N-methyl/N-ethyl adjacent to an activating group) is 1. The van der Waals surface area contributed by atoms with Crippen molar-refractivity contribution in [3.05, 3.63) is 47.3 Å². The maximum absolute atomic E-state index is 12.0. The minimum Gasteiger partial charge on any atom is -0.478 e. The van der Waals surface area contributed by atoms with Gasteiger partial charge in [0, 0.05) is 20.6 Å². The van der Waals surface area contributed by atoms with Gasteiger partial charge in [0.25, 0.3) is 5.91 Å². The minimum absolute atomic E-state index is 0.0171. The standard InChI is InChI=1S/C16H19N5O4/c1-20(2)14(22)10-21-9-13(18-19-21)15(23)17-8-7-11-3-5-12(6-4-11)16(24)25/h3-6,9H,7-8,10H2,1-2H3,(H,17,23)(H,24,25). The van der Waals surface area contributed by atoms with Gasteiger partial charge in [0.05, 0.1) is 11.8 Å². The fraction of sp³-hybridized carbons (Fsp3) is 0.312. The van der Waals surface area contributed by atoms with Crippen molar-refractivity contribution in [1.29, 1.82) is 0 Å². The third-order valence-corrected chi connectivity index (χ3v) is 3.47. The summed E-state index contributed by atoms with van der Waals surface area (Å²) in [6.07, 6.45) is 1.97. The van der Waals surface area contributed by atoms with Gasteiger partial charge in [-0.15, -0.1) is 5.10 Å². The van der Waals surface area contributed by atoms with Gasteiger partial charge in [-0.3, -0.25) is 9.59 Å². The predicted molar refractivity (Wildman–Crippen MR) is 88.2 cm³/mol. The molecule has 2 rings (SSSR count). The first kappa shape index (κ1) is 18.1. The van der Waals surface area contributed by atoms with Gasteiger partial charge in [-0.2, -0.15) is 0 Å². The van der Waals surface area contributed by atoms with Crippen LogP contribution >= 0.6 is 0 Å². The van der Waals surface area contributed by atoms with Crippen LogP contribution in [0.25, 0.3) is 0 Å². The second kappa shape index (κ2) is 8.04. The topological polar surface area (TPSA) is 117 Å². The monoisotopic (exact) mass is 345 g/mol. The van der Waals surface area contributed by atoms with Crippen LogP contribution in [0.5, 0.6) is 0 Å². The van der Waals surface area contributed by atoms with Crippen LogP contribution in [0, 0.1) is 0 Å². The van der Waals surface area contributed by atoms with Crippen molar-refractivity contribution >= 4 is 17.8 Å². The molecule has 9 heteroatoms. The summed E-state index contributed by atoms with van der Waals surface area (Å²) in [5.74, 6) is -1.51. The molecule has 0 saturated heterocycles. The second-order valence-corrected chi connectivity index (χ2v) is 5.60. The Morgan fingerprint density at radius 2 is 1.88 bits per heavy atom. The van der Waals surface area contributed by atoms with E-state index in [1.54, 1.807) is 26.2 Å². The Bertz CT molecular complexity index is 767. The SMILES string of the molecule is CN(C)C(=O)Cn1cc(C(=O)NCCc2ccc(C(=O)O)cc2)nn1. The van der Waals surface area contributed by atoms with Gasteiger partial charge in [0.15, 0.2) is 5.69 Å². The van der Waals surface area contributed by atoms with Gasteiger partial charge in [0.1, 0.15) is 6.54 Å². The highest BCUT2D eigenvalue weighted by molar-refractivity contribution is 5.92. The molecule has 1 aromatic heterocycles. The van der Waals surface area contributed by atoms with Crippen molar-refractivity contribution in [2.75, 3.05) is 20.6 Å². The van der Waals surface area contributed by atoms with E-state index in [0.717, 1.165) is 5.56 Å². The highest BCUT2D eigenvalue weighted by Crippen LogP contribution is 2.05. The molecule has 0 saturated carbocycles. The van der Waals surface area contributed by atoms with Crippen molar-refractivity contribution in [3.8, 4) is 0 Å². The summed E-state index contributed by atoms with van der Waals surface area (Å²) in [6.45, 7) is 0.387. The molecule has 0 radical (unpaired) electrons. The van der Waals surface area contributed by atoms with Gasteiger partial charge in [-0.25, -0.2) is 9.48 Å². The number of benzene rings is 1. The average molecular weight is 345 g/mol. The van der Waals surface area contributed by atoms with E-state index in [4.69, 9.17) is 5.11 Å². The van der Waals surface area contributed by atoms with E-state index in [9.17, 15) is 14.4 Å². The fourth-order valence-electron chi connectivity index (χ4n) is 1.98. The second-order valence-electron chi connectivity index (χ2n) is 5.60. The average Bonchev–Trinajstić information content (AvgIpc) is 3.03. The molecule has 0 unspecified atom stereocenters. The van der Waals surface area contributed by atoms with Gasteiger partial charge >= 0.3 is 5.97 Å². The molecule has 0 bridgehead atoms. The van der Waals surface area contributed by atoms with Crippen molar-refractivity contribution in [2.24, 2.45) is 0 Å². The lowest BCUT2D eigenvalue weighted by molar-refractivity contribution is -0.129. The molecule has 0 aliphatic rings. The lowest BCUT2D eigenvalue weighted by atomic mass is 10.1. The minimum atomic E-state index is -0.976. The molecule has 1 aromatic carbocycles. The highest BCUT2D eigenvalue weighted by atomic mass is 16.4. The summed E-state index contributed by atoms with van der Waals surface area (Å²) in [4.78, 5) is 35.8. The van der Waals surface area contributed by atoms with E-state index in [0.29, 0.717) is 13.0 Å². The van der Waals surface area contributed by atoms with E-state index in [1.165, 1.54) is 27.9 Å². The molecule has 1 heterocycles. The lowest BCUT2D eigenvalue weighted by Crippen LogP contribution is -2.27. The van der Waals surface area contributed by atoms with Crippen LogP contribution in [0.1, 0.15) is 26.4 Å². The van der Waals surface area contributed by atoms with Crippen LogP contribution in [0.4, 0.5) is 0 Å². The van der Waals surface area contributed by atoms with Crippen LogP contribution in [0.15, 0.2) is 30.5 Å². The van der Waals surface area contributed by atoms with Gasteiger partial charge in [-0.1, -0.05) is 17.3 Å². The Labute approximate surface area is 144 Å². The van der Waals surface area contributed by atoms with Crippen molar-refractivity contribution in [3.63, 3.8) is 0 Å². The van der Waals surface area contributed by atoms with Crippen LogP contribution < -0.4 is 5.32 Å². The number of rotatable bonds is 7. The Kier molecular flexibility index (Phi) is 5.83. The van der Waals surface area contributed by atoms with Crippen molar-refractivity contribution < 1.29 is 19.5 Å². The maximum atomic E-state index is 12.0. The largest absolute Gasteiger partial charge is 0.478 e. The highest BCUT2D eigenvalue weighted by Gasteiger charge is 2.12. The van der Waals surface area contributed by atoms with Crippen LogP contribution in [-0.4, -0.2) is 63.4 Å². The lowest BCUT2D eigenvalue weighted by Gasteiger charge is -2.08. The van der Waals surface area contributed by atoms with E-state index in [2.05, 4.69) is 15.6 Å². The molecule has 2 aromatic rings. The van der Waals surface area contributed by atoms with Crippen molar-refractivity contribution in [2.45, 2.75) is 13.0 Å². The number of nitrogens with zero attached hydrogens (tertiary/aromatic N) is 4. The first-order valence-electron chi connectivity index (χ1n) is 7.57. The summed E-state index contributed by atoms with van der Waals surface area (Å²) in [5.41, 5.74) is 1.26. The van der Waals surface area contributed by atoms with E-state index < -0.39 is 5.97 Å². The van der Waals surface area contributed by atoms with E-state index in [1.807, 2.05) is 0 Å². The Morgan fingerprint density at radius 3 is 2.48 bits per heavy atom. The maximum Gasteiger partial charge on any atom is 0.335 e. The predicted octanol–water partition coefficient (Wildman–Crippen LogP) is 0.0370. The molecule has 9 nitrogen and oxygen atoms in total. The summed E-state index contributed by atoms with van der Waals surface area (Å²) >= 11 is 0. The zero-order valence-corrected chi connectivity index (χ0v) is 14.0. The summed E-state index contributed by atoms with van der Waals surface area (Å²) in [5, 5.41) is 19.1. The number of nitrogens with one attached hydrogen (secondary N) is 1. The van der Waals surface area contributed by atoms with E-state index in [-0.39, 0.29) is 29.6 Å². The number of carbonyl (C=O) groups is 3. The van der Waals surface area contributed by atoms with Gasteiger partial charge in [0.2, 0.25) is 5.91 Å². The number of aromatic nitrogens is 3. The molecule has 2 amide bonds. The first-order valence-corrected chi connectivity index (χ1v) is 7.57. The molecule has 0 fully saturated rings. The third kappa shape index (κ3) is 5.13. The molecular formula is C16H19N5O4. The normalized spacial score (nSPS) is 10.3. The molecule has 0 aliphatic heterocycles. The number of hydrogen-bond acceptors (Lipinski definition) is 5. The number of amides is 2. The van der Waals surface area contributed by atoms with Crippen LogP contribution in [0.3, 0.4) is 0 Å². The number of carbonyl (C=O) groups excluding carboxylic acids is 2. The van der Waals surface area contributed by atoms with Crippen LogP contribution in [0.2, 0.25) is 0 Å². The number of hydrogen-bond donors (Lipinski definition) is 2. The summed E-state index contributed by atoms with van der Waals surface area (Å²) in [6, 6.07) is 6.46. The smallest absolute Gasteiger partial charge is 0.335 e. The fourth-order valence-corrected chi connectivity index (χ4v) is 1.98. The first-order chi connectivity index (χ1) is 11.9. The van der Waals surface area contributed by atoms with Crippen LogP contribution in [-0.2, 0) is 17.8 Å². The molecule has 0 atom stereocenters. The quantitative estimate of drug-likeness (QED) is 0.731. The van der Waals surface area contributed by atoms with E-state index >= 15 is 0 Å². The molecule has 2 N–H and O–H groups in total. The summed E-state index contributed by atoms with van der Waals surface area (Å²) in [7, 11) is 3.27. The molecule has 0 aliphatic carbocycles. The van der Waals surface area contributed by atoms with Gasteiger partial charge in [-0.05, 0) is 24.1 Å². The zero-order chi connectivity index (χ0) is 18.4.